The Morgan fingerprint density at radius 2 is 1.92 bits per heavy atom. The summed E-state index contributed by atoms with van der Waals surface area (Å²) in [4.78, 5) is 26.2. The van der Waals surface area contributed by atoms with Crippen LogP contribution in [-0.4, -0.2) is 31.5 Å². The number of hydrogen-bond donors (Lipinski definition) is 1. The summed E-state index contributed by atoms with van der Waals surface area (Å²) in [5.41, 5.74) is 1.51. The number of carbonyl (C=O) groups excluding carboxylic acids is 2. The fourth-order valence-corrected chi connectivity index (χ4v) is 2.70. The second-order valence-corrected chi connectivity index (χ2v) is 5.96. The maximum Gasteiger partial charge on any atom is 0.262 e. The Morgan fingerprint density at radius 3 is 2.64 bits per heavy atom. The number of ether oxygens (including phenoxy) is 1. The molecule has 0 fully saturated rings. The zero-order valence-corrected chi connectivity index (χ0v) is 14.4. The molecule has 3 rings (SSSR count). The minimum atomic E-state index is -0.743. The molecule has 0 bridgehead atoms. The van der Waals surface area contributed by atoms with Gasteiger partial charge in [0, 0.05) is 18.1 Å². The zero-order chi connectivity index (χ0) is 17.8. The topological polar surface area (TPSA) is 58.6 Å². The summed E-state index contributed by atoms with van der Waals surface area (Å²) in [5.74, 6) is 0.0178. The minimum Gasteiger partial charge on any atom is -0.477 e. The highest BCUT2D eigenvalue weighted by molar-refractivity contribution is 6.30. The molecule has 25 heavy (non-hydrogen) atoms. The lowest BCUT2D eigenvalue weighted by atomic mass is 10.1. The molecule has 0 aromatic heterocycles. The molecule has 0 saturated carbocycles. The number of hydrogen-bond acceptors (Lipinski definition) is 3. The van der Waals surface area contributed by atoms with Gasteiger partial charge in [-0.25, -0.2) is 0 Å². The summed E-state index contributed by atoms with van der Waals surface area (Å²) in [6, 6.07) is 14.3. The summed E-state index contributed by atoms with van der Waals surface area (Å²) in [5, 5.41) is 3.19. The van der Waals surface area contributed by atoms with Crippen LogP contribution in [-0.2, 0) is 9.59 Å². The Kier molecular flexibility index (Phi) is 5.05. The van der Waals surface area contributed by atoms with Crippen LogP contribution in [0.25, 0.3) is 6.08 Å². The van der Waals surface area contributed by atoms with Crippen LogP contribution in [0.5, 0.6) is 5.75 Å². The maximum absolute atomic E-state index is 12.7. The van der Waals surface area contributed by atoms with E-state index >= 15 is 0 Å². The van der Waals surface area contributed by atoms with Gasteiger partial charge in [0.05, 0.1) is 12.2 Å². The molecular weight excluding hydrogens is 340 g/mol. The minimum absolute atomic E-state index is 0.153. The van der Waals surface area contributed by atoms with E-state index in [1.165, 1.54) is 6.08 Å². The lowest BCUT2D eigenvalue weighted by Crippen LogP contribution is -2.49. The first-order chi connectivity index (χ1) is 12.1. The van der Waals surface area contributed by atoms with Crippen molar-refractivity contribution in [2.24, 2.45) is 0 Å². The van der Waals surface area contributed by atoms with Gasteiger partial charge in [0.1, 0.15) is 5.75 Å². The molecule has 0 unspecified atom stereocenters. The summed E-state index contributed by atoms with van der Waals surface area (Å²) in [7, 11) is 1.54. The van der Waals surface area contributed by atoms with Crippen molar-refractivity contribution in [1.29, 1.82) is 0 Å². The first kappa shape index (κ1) is 17.0. The smallest absolute Gasteiger partial charge is 0.262 e. The Morgan fingerprint density at radius 1 is 1.20 bits per heavy atom. The molecule has 5 nitrogen and oxygen atoms in total. The average molecular weight is 357 g/mol. The number of halogens is 1. The maximum atomic E-state index is 12.7. The lowest BCUT2D eigenvalue weighted by molar-refractivity contribution is -0.127. The van der Waals surface area contributed by atoms with Crippen molar-refractivity contribution in [3.05, 3.63) is 65.2 Å². The number of nitrogens with zero attached hydrogens (tertiary/aromatic N) is 1. The fourth-order valence-electron chi connectivity index (χ4n) is 2.57. The van der Waals surface area contributed by atoms with E-state index in [9.17, 15) is 9.59 Å². The molecule has 128 valence electrons. The van der Waals surface area contributed by atoms with Crippen LogP contribution < -0.4 is 15.0 Å². The predicted molar refractivity (Wildman–Crippen MR) is 97.8 cm³/mol. The van der Waals surface area contributed by atoms with Crippen LogP contribution in [0.4, 0.5) is 5.69 Å². The number of para-hydroxylation sites is 2. The molecular formula is C19H17ClN2O3. The third-order valence-electron chi connectivity index (χ3n) is 3.87. The van der Waals surface area contributed by atoms with Crippen LogP contribution >= 0.6 is 11.6 Å². The molecule has 1 N–H and O–H groups in total. The first-order valence-electron chi connectivity index (χ1n) is 7.81. The van der Waals surface area contributed by atoms with E-state index in [0.717, 1.165) is 5.56 Å². The van der Waals surface area contributed by atoms with Crippen molar-refractivity contribution in [2.45, 2.75) is 6.10 Å². The largest absolute Gasteiger partial charge is 0.477 e. The Bertz CT molecular complexity index is 818. The van der Waals surface area contributed by atoms with E-state index in [1.807, 2.05) is 18.2 Å². The molecule has 1 atom stereocenters. The van der Waals surface area contributed by atoms with Gasteiger partial charge in [0.25, 0.3) is 11.8 Å². The van der Waals surface area contributed by atoms with Crippen LogP contribution in [0.1, 0.15) is 5.56 Å². The second-order valence-electron chi connectivity index (χ2n) is 5.52. The van der Waals surface area contributed by atoms with Crippen molar-refractivity contribution in [1.82, 2.24) is 5.32 Å². The van der Waals surface area contributed by atoms with Crippen molar-refractivity contribution < 1.29 is 14.3 Å². The lowest BCUT2D eigenvalue weighted by Gasteiger charge is -2.33. The number of nitrogens with one attached hydrogen (secondary N) is 1. The van der Waals surface area contributed by atoms with Crippen molar-refractivity contribution >= 4 is 35.2 Å². The molecule has 1 heterocycles. The van der Waals surface area contributed by atoms with E-state index in [0.29, 0.717) is 16.5 Å². The monoisotopic (exact) mass is 356 g/mol. The van der Waals surface area contributed by atoms with Gasteiger partial charge in [0.2, 0.25) is 0 Å². The summed E-state index contributed by atoms with van der Waals surface area (Å²) in [6.07, 6.45) is 2.45. The number of benzene rings is 2. The Balaban J connectivity index is 1.84. The highest BCUT2D eigenvalue weighted by Crippen LogP contribution is 2.33. The second kappa shape index (κ2) is 7.40. The highest BCUT2D eigenvalue weighted by Gasteiger charge is 2.32. The zero-order valence-electron chi connectivity index (χ0n) is 13.6. The van der Waals surface area contributed by atoms with Gasteiger partial charge in [-0.3, -0.25) is 9.59 Å². The van der Waals surface area contributed by atoms with Crippen LogP contribution in [0.15, 0.2) is 54.6 Å². The third kappa shape index (κ3) is 3.83. The van der Waals surface area contributed by atoms with Gasteiger partial charge in [-0.05, 0) is 35.9 Å². The quantitative estimate of drug-likeness (QED) is 0.860. The third-order valence-corrected chi connectivity index (χ3v) is 4.12. The Hall–Kier alpha value is -2.79. The van der Waals surface area contributed by atoms with Gasteiger partial charge in [-0.2, -0.15) is 0 Å². The first-order valence-corrected chi connectivity index (χ1v) is 8.18. The molecule has 0 saturated heterocycles. The molecule has 0 radical (unpaired) electrons. The number of anilines is 1. The molecule has 0 spiro atoms. The molecule has 0 aliphatic carbocycles. The van der Waals surface area contributed by atoms with E-state index in [1.54, 1.807) is 48.4 Å². The van der Waals surface area contributed by atoms with Gasteiger partial charge < -0.3 is 15.0 Å². The van der Waals surface area contributed by atoms with Gasteiger partial charge in [0.15, 0.2) is 6.10 Å². The molecule has 2 aromatic rings. The average Bonchev–Trinajstić information content (AvgIpc) is 2.65. The number of rotatable bonds is 3. The predicted octanol–water partition coefficient (Wildman–Crippen LogP) is 2.89. The van der Waals surface area contributed by atoms with E-state index < -0.39 is 6.10 Å². The van der Waals surface area contributed by atoms with Crippen LogP contribution in [0.3, 0.4) is 0 Å². The van der Waals surface area contributed by atoms with Crippen molar-refractivity contribution in [2.75, 3.05) is 18.5 Å². The van der Waals surface area contributed by atoms with Gasteiger partial charge >= 0.3 is 0 Å². The number of fused-ring (bicyclic) bond motifs is 1. The highest BCUT2D eigenvalue weighted by atomic mass is 35.5. The summed E-state index contributed by atoms with van der Waals surface area (Å²) in [6.45, 7) is 0.153. The fraction of sp³-hybridized carbons (Fsp3) is 0.158. The van der Waals surface area contributed by atoms with Gasteiger partial charge in [-0.1, -0.05) is 35.9 Å². The molecule has 2 amide bonds. The van der Waals surface area contributed by atoms with E-state index in [2.05, 4.69) is 5.32 Å². The number of amides is 2. The number of likely N-dealkylation sites (N-methyl/N-ethyl adjacent to an activating group) is 1. The Labute approximate surface area is 150 Å². The summed E-state index contributed by atoms with van der Waals surface area (Å²) >= 11 is 5.86. The normalized spacial score (nSPS) is 16.2. The molecule has 1 aliphatic heterocycles. The van der Waals surface area contributed by atoms with E-state index in [-0.39, 0.29) is 18.4 Å². The molecule has 6 heteroatoms. The SMILES string of the molecule is CNC(=O)[C@H]1CN(C(=O)/C=C\c2ccc(Cl)cc2)c2ccccc2O1. The number of carbonyl (C=O) groups is 2. The van der Waals surface area contributed by atoms with Crippen molar-refractivity contribution in [3.63, 3.8) is 0 Å². The standard InChI is InChI=1S/C19H17ClN2O3/c1-21-19(24)17-12-22(15-4-2-3-5-16(15)25-17)18(23)11-8-13-6-9-14(20)10-7-13/h2-11,17H,12H2,1H3,(H,21,24)/b11-8-/t17-/m1/s1. The summed E-state index contributed by atoms with van der Waals surface area (Å²) < 4.78 is 5.70. The van der Waals surface area contributed by atoms with Crippen LogP contribution in [0.2, 0.25) is 5.02 Å². The molecule has 1 aliphatic rings. The van der Waals surface area contributed by atoms with Crippen molar-refractivity contribution in [3.8, 4) is 5.75 Å². The van der Waals surface area contributed by atoms with E-state index in [4.69, 9.17) is 16.3 Å². The molecule has 2 aromatic carbocycles. The van der Waals surface area contributed by atoms with Gasteiger partial charge in [-0.15, -0.1) is 0 Å². The van der Waals surface area contributed by atoms with Crippen LogP contribution in [0, 0.1) is 0 Å².